The zero-order valence-electron chi connectivity index (χ0n) is 12.3. The van der Waals surface area contributed by atoms with Crippen molar-refractivity contribution in [1.29, 1.82) is 0 Å². The summed E-state index contributed by atoms with van der Waals surface area (Å²) in [6, 6.07) is 13.4. The Balaban J connectivity index is 2.26. The molecule has 4 heteroatoms. The van der Waals surface area contributed by atoms with Crippen LogP contribution in [-0.2, 0) is 4.74 Å². The number of aryl methyl sites for hydroxylation is 1. The minimum Gasteiger partial charge on any atom is -0.465 e. The third-order valence-corrected chi connectivity index (χ3v) is 3.57. The van der Waals surface area contributed by atoms with E-state index in [2.05, 4.69) is 5.32 Å². The van der Waals surface area contributed by atoms with Gasteiger partial charge >= 0.3 is 5.97 Å². The van der Waals surface area contributed by atoms with Crippen LogP contribution >= 0.6 is 11.6 Å². The van der Waals surface area contributed by atoms with Gasteiger partial charge in [-0.15, -0.1) is 0 Å². The van der Waals surface area contributed by atoms with E-state index in [-0.39, 0.29) is 12.0 Å². The molecule has 0 radical (unpaired) electrons. The monoisotopic (exact) mass is 303 g/mol. The van der Waals surface area contributed by atoms with Crippen molar-refractivity contribution in [2.75, 3.05) is 12.4 Å². The number of hydrogen-bond donors (Lipinski definition) is 1. The van der Waals surface area contributed by atoms with Crippen molar-refractivity contribution in [3.8, 4) is 0 Å². The summed E-state index contributed by atoms with van der Waals surface area (Å²) >= 11 is 5.90. The molecule has 1 unspecified atom stereocenters. The van der Waals surface area contributed by atoms with Crippen molar-refractivity contribution in [1.82, 2.24) is 0 Å². The van der Waals surface area contributed by atoms with Gasteiger partial charge in [0.1, 0.15) is 0 Å². The number of carbonyl (C=O) groups is 1. The van der Waals surface area contributed by atoms with Crippen molar-refractivity contribution in [2.24, 2.45) is 0 Å². The molecule has 3 nitrogen and oxygen atoms in total. The van der Waals surface area contributed by atoms with Crippen LogP contribution in [0.3, 0.4) is 0 Å². The number of benzene rings is 2. The molecule has 0 heterocycles. The van der Waals surface area contributed by atoms with Gasteiger partial charge in [-0.1, -0.05) is 35.4 Å². The molecular weight excluding hydrogens is 286 g/mol. The Morgan fingerprint density at radius 1 is 1.19 bits per heavy atom. The Hall–Kier alpha value is -2.00. The average molecular weight is 304 g/mol. The summed E-state index contributed by atoms with van der Waals surface area (Å²) in [5.74, 6) is -0.343. The number of rotatable bonds is 4. The van der Waals surface area contributed by atoms with E-state index in [0.29, 0.717) is 10.6 Å². The third-order valence-electron chi connectivity index (χ3n) is 3.32. The highest BCUT2D eigenvalue weighted by molar-refractivity contribution is 6.30. The molecule has 110 valence electrons. The zero-order chi connectivity index (χ0) is 15.4. The summed E-state index contributed by atoms with van der Waals surface area (Å²) < 4.78 is 4.84. The topological polar surface area (TPSA) is 38.3 Å². The van der Waals surface area contributed by atoms with E-state index in [1.807, 2.05) is 56.3 Å². The number of carbonyl (C=O) groups excluding carboxylic acids is 1. The molecule has 0 amide bonds. The SMILES string of the molecule is COC(=O)c1cc(C)ccc1NC(C)c1ccc(Cl)cc1. The second-order valence-corrected chi connectivity index (χ2v) is 5.39. The van der Waals surface area contributed by atoms with Gasteiger partial charge in [0.15, 0.2) is 0 Å². The Morgan fingerprint density at radius 3 is 2.48 bits per heavy atom. The summed E-state index contributed by atoms with van der Waals surface area (Å²) in [6.07, 6.45) is 0. The first-order valence-electron chi connectivity index (χ1n) is 6.72. The van der Waals surface area contributed by atoms with E-state index >= 15 is 0 Å². The van der Waals surface area contributed by atoms with Gasteiger partial charge in [-0.05, 0) is 43.7 Å². The first-order valence-corrected chi connectivity index (χ1v) is 7.10. The molecule has 0 aliphatic rings. The number of esters is 1. The van der Waals surface area contributed by atoms with Crippen LogP contribution in [0.5, 0.6) is 0 Å². The quantitative estimate of drug-likeness (QED) is 0.838. The van der Waals surface area contributed by atoms with Gasteiger partial charge in [0.05, 0.1) is 12.7 Å². The molecule has 0 saturated carbocycles. The van der Waals surface area contributed by atoms with E-state index in [1.54, 1.807) is 0 Å². The number of hydrogen-bond acceptors (Lipinski definition) is 3. The van der Waals surface area contributed by atoms with E-state index in [9.17, 15) is 4.79 Å². The Morgan fingerprint density at radius 2 is 1.86 bits per heavy atom. The van der Waals surface area contributed by atoms with Crippen molar-refractivity contribution >= 4 is 23.3 Å². The first kappa shape index (κ1) is 15.4. The molecule has 21 heavy (non-hydrogen) atoms. The summed E-state index contributed by atoms with van der Waals surface area (Å²) in [4.78, 5) is 11.9. The second kappa shape index (κ2) is 6.64. The highest BCUT2D eigenvalue weighted by atomic mass is 35.5. The lowest BCUT2D eigenvalue weighted by atomic mass is 10.1. The number of methoxy groups -OCH3 is 1. The number of ether oxygens (including phenoxy) is 1. The maximum atomic E-state index is 11.9. The predicted molar refractivity (Wildman–Crippen MR) is 86.0 cm³/mol. The number of anilines is 1. The molecule has 0 aliphatic carbocycles. The molecule has 1 N–H and O–H groups in total. The highest BCUT2D eigenvalue weighted by Crippen LogP contribution is 2.25. The van der Waals surface area contributed by atoms with Crippen LogP contribution in [0.1, 0.15) is 34.5 Å². The molecule has 0 aromatic heterocycles. The molecule has 0 saturated heterocycles. The lowest BCUT2D eigenvalue weighted by Gasteiger charge is -2.18. The van der Waals surface area contributed by atoms with Crippen LogP contribution in [0.25, 0.3) is 0 Å². The third kappa shape index (κ3) is 3.76. The van der Waals surface area contributed by atoms with Gasteiger partial charge < -0.3 is 10.1 Å². The molecule has 2 rings (SSSR count). The van der Waals surface area contributed by atoms with E-state index < -0.39 is 0 Å². The summed E-state index contributed by atoms with van der Waals surface area (Å²) in [7, 11) is 1.39. The Bertz CT molecular complexity index is 638. The fourth-order valence-corrected chi connectivity index (χ4v) is 2.26. The maximum absolute atomic E-state index is 11.9. The minimum absolute atomic E-state index is 0.0494. The van der Waals surface area contributed by atoms with Crippen molar-refractivity contribution in [3.05, 3.63) is 64.2 Å². The standard InChI is InChI=1S/C17H18ClNO2/c1-11-4-9-16(15(10-11)17(20)21-3)19-12(2)13-5-7-14(18)8-6-13/h4-10,12,19H,1-3H3. The van der Waals surface area contributed by atoms with Crippen LogP contribution in [0.2, 0.25) is 5.02 Å². The maximum Gasteiger partial charge on any atom is 0.339 e. The molecular formula is C17H18ClNO2. The fraction of sp³-hybridized carbons (Fsp3) is 0.235. The highest BCUT2D eigenvalue weighted by Gasteiger charge is 2.14. The Labute approximate surface area is 129 Å². The van der Waals surface area contributed by atoms with Crippen molar-refractivity contribution < 1.29 is 9.53 Å². The molecule has 1 atom stereocenters. The molecule has 0 aliphatic heterocycles. The van der Waals surface area contributed by atoms with Crippen LogP contribution < -0.4 is 5.32 Å². The van der Waals surface area contributed by atoms with Crippen LogP contribution in [0.4, 0.5) is 5.69 Å². The number of halogens is 1. The van der Waals surface area contributed by atoms with Crippen molar-refractivity contribution in [2.45, 2.75) is 19.9 Å². The lowest BCUT2D eigenvalue weighted by molar-refractivity contribution is 0.0601. The normalized spacial score (nSPS) is 11.8. The molecule has 0 fully saturated rings. The molecule has 0 bridgehead atoms. The fourth-order valence-electron chi connectivity index (χ4n) is 2.13. The van der Waals surface area contributed by atoms with Gasteiger partial charge in [0, 0.05) is 16.8 Å². The van der Waals surface area contributed by atoms with E-state index in [1.165, 1.54) is 7.11 Å². The van der Waals surface area contributed by atoms with Crippen molar-refractivity contribution in [3.63, 3.8) is 0 Å². The lowest BCUT2D eigenvalue weighted by Crippen LogP contribution is -2.12. The largest absolute Gasteiger partial charge is 0.465 e. The predicted octanol–water partition coefficient (Wildman–Crippen LogP) is 4.61. The molecule has 0 spiro atoms. The van der Waals surface area contributed by atoms with E-state index in [4.69, 9.17) is 16.3 Å². The zero-order valence-corrected chi connectivity index (χ0v) is 13.1. The van der Waals surface area contributed by atoms with Crippen LogP contribution in [-0.4, -0.2) is 13.1 Å². The van der Waals surface area contributed by atoms with Gasteiger partial charge in [-0.2, -0.15) is 0 Å². The van der Waals surface area contributed by atoms with Crippen LogP contribution in [0.15, 0.2) is 42.5 Å². The molecule has 2 aromatic carbocycles. The number of nitrogens with one attached hydrogen (secondary N) is 1. The minimum atomic E-state index is -0.343. The molecule has 2 aromatic rings. The smallest absolute Gasteiger partial charge is 0.339 e. The average Bonchev–Trinajstić information content (AvgIpc) is 2.48. The first-order chi connectivity index (χ1) is 10.0. The Kier molecular flexibility index (Phi) is 4.86. The van der Waals surface area contributed by atoms with Gasteiger partial charge in [0.2, 0.25) is 0 Å². The van der Waals surface area contributed by atoms with E-state index in [0.717, 1.165) is 16.8 Å². The van der Waals surface area contributed by atoms with Crippen LogP contribution in [0, 0.1) is 6.92 Å². The van der Waals surface area contributed by atoms with Gasteiger partial charge in [-0.3, -0.25) is 0 Å². The summed E-state index contributed by atoms with van der Waals surface area (Å²) in [5, 5.41) is 4.05. The van der Waals surface area contributed by atoms with Gasteiger partial charge in [-0.25, -0.2) is 4.79 Å². The van der Waals surface area contributed by atoms with Gasteiger partial charge in [0.25, 0.3) is 0 Å². The summed E-state index contributed by atoms with van der Waals surface area (Å²) in [6.45, 7) is 3.98. The summed E-state index contributed by atoms with van der Waals surface area (Å²) in [5.41, 5.74) is 3.41. The second-order valence-electron chi connectivity index (χ2n) is 4.96.